The molecule has 2 nitrogen and oxygen atoms in total. The highest BCUT2D eigenvalue weighted by Gasteiger charge is 1.89. The van der Waals surface area contributed by atoms with Crippen LogP contribution in [-0.4, -0.2) is 12.5 Å². The van der Waals surface area contributed by atoms with Crippen molar-refractivity contribution in [2.45, 2.75) is 13.3 Å². The molecule has 0 radical (unpaired) electrons. The summed E-state index contributed by atoms with van der Waals surface area (Å²) < 4.78 is 0. The molecule has 1 aromatic carbocycles. The third-order valence-electron chi connectivity index (χ3n) is 2.17. The molecule has 84 valence electrons. The van der Waals surface area contributed by atoms with E-state index in [0.717, 1.165) is 17.5 Å². The number of carbonyl (C=O) groups excluding carboxylic acids is 1. The summed E-state index contributed by atoms with van der Waals surface area (Å²) in [7, 11) is 0. The molecule has 0 atom stereocenters. The van der Waals surface area contributed by atoms with E-state index in [1.54, 1.807) is 0 Å². The first-order chi connectivity index (χ1) is 7.72. The van der Waals surface area contributed by atoms with Gasteiger partial charge < -0.3 is 5.32 Å². The van der Waals surface area contributed by atoms with Crippen LogP contribution >= 0.6 is 0 Å². The summed E-state index contributed by atoms with van der Waals surface area (Å²) in [6.45, 7) is 5.92. The average Bonchev–Trinajstić information content (AvgIpc) is 2.29. The monoisotopic (exact) mass is 215 g/mol. The molecule has 0 saturated carbocycles. The van der Waals surface area contributed by atoms with Gasteiger partial charge in [-0.3, -0.25) is 4.79 Å². The number of amides is 1. The maximum Gasteiger partial charge on any atom is 0.216 e. The smallest absolute Gasteiger partial charge is 0.216 e. The lowest BCUT2D eigenvalue weighted by molar-refractivity contribution is -0.118. The Balaban J connectivity index is 2.37. The Morgan fingerprint density at radius 2 is 1.94 bits per heavy atom. The molecule has 0 aliphatic heterocycles. The van der Waals surface area contributed by atoms with E-state index in [1.807, 2.05) is 30.3 Å². The SMILES string of the molecule is C=Cc1ccc(C=CCCNC(C)=O)cc1. The van der Waals surface area contributed by atoms with Crippen LogP contribution in [0, 0.1) is 0 Å². The van der Waals surface area contributed by atoms with Crippen molar-refractivity contribution in [3.63, 3.8) is 0 Å². The predicted octanol–water partition coefficient (Wildman–Crippen LogP) is 2.87. The molecule has 1 N–H and O–H groups in total. The lowest BCUT2D eigenvalue weighted by Crippen LogP contribution is -2.20. The van der Waals surface area contributed by atoms with Gasteiger partial charge in [0.15, 0.2) is 0 Å². The minimum Gasteiger partial charge on any atom is -0.356 e. The Bertz CT molecular complexity index is 376. The summed E-state index contributed by atoms with van der Waals surface area (Å²) >= 11 is 0. The summed E-state index contributed by atoms with van der Waals surface area (Å²) in [5, 5.41) is 2.75. The van der Waals surface area contributed by atoms with Crippen molar-refractivity contribution >= 4 is 18.1 Å². The van der Waals surface area contributed by atoms with Gasteiger partial charge in [-0.1, -0.05) is 49.1 Å². The van der Waals surface area contributed by atoms with E-state index in [0.29, 0.717) is 6.54 Å². The highest BCUT2D eigenvalue weighted by molar-refractivity contribution is 5.72. The highest BCUT2D eigenvalue weighted by Crippen LogP contribution is 2.07. The highest BCUT2D eigenvalue weighted by atomic mass is 16.1. The Morgan fingerprint density at radius 3 is 2.50 bits per heavy atom. The van der Waals surface area contributed by atoms with Gasteiger partial charge in [-0.2, -0.15) is 0 Å². The Kier molecular flexibility index (Phi) is 5.06. The van der Waals surface area contributed by atoms with Crippen LogP contribution in [0.4, 0.5) is 0 Å². The lowest BCUT2D eigenvalue weighted by Gasteiger charge is -1.97. The lowest BCUT2D eigenvalue weighted by atomic mass is 10.1. The minimum absolute atomic E-state index is 0.0173. The van der Waals surface area contributed by atoms with Crippen molar-refractivity contribution in [1.82, 2.24) is 5.32 Å². The summed E-state index contributed by atoms with van der Waals surface area (Å²) in [6.07, 6.45) is 6.78. The van der Waals surface area contributed by atoms with Gasteiger partial charge in [-0.25, -0.2) is 0 Å². The summed E-state index contributed by atoms with van der Waals surface area (Å²) in [5.74, 6) is 0.0173. The zero-order valence-corrected chi connectivity index (χ0v) is 9.57. The molecule has 0 heterocycles. The first-order valence-corrected chi connectivity index (χ1v) is 5.36. The molecule has 0 unspecified atom stereocenters. The van der Waals surface area contributed by atoms with Gasteiger partial charge in [-0.15, -0.1) is 0 Å². The van der Waals surface area contributed by atoms with E-state index >= 15 is 0 Å². The fourth-order valence-corrected chi connectivity index (χ4v) is 1.29. The number of hydrogen-bond donors (Lipinski definition) is 1. The number of carbonyl (C=O) groups is 1. The molecule has 1 rings (SSSR count). The molecule has 0 aliphatic carbocycles. The maximum atomic E-state index is 10.6. The standard InChI is InChI=1S/C14H17NO/c1-3-13-7-9-14(10-8-13)6-4-5-11-15-12(2)16/h3-4,6-10H,1,5,11H2,2H3,(H,15,16). The fraction of sp³-hybridized carbons (Fsp3) is 0.214. The predicted molar refractivity (Wildman–Crippen MR) is 68.9 cm³/mol. The summed E-state index contributed by atoms with van der Waals surface area (Å²) in [6, 6.07) is 8.15. The molecule has 2 heteroatoms. The van der Waals surface area contributed by atoms with Crippen LogP contribution in [0.5, 0.6) is 0 Å². The Labute approximate surface area is 96.7 Å². The van der Waals surface area contributed by atoms with Crippen LogP contribution in [0.15, 0.2) is 36.9 Å². The van der Waals surface area contributed by atoms with Gasteiger partial charge >= 0.3 is 0 Å². The van der Waals surface area contributed by atoms with Gasteiger partial charge in [0.05, 0.1) is 0 Å². The van der Waals surface area contributed by atoms with Crippen LogP contribution in [0.3, 0.4) is 0 Å². The summed E-state index contributed by atoms with van der Waals surface area (Å²) in [5.41, 5.74) is 2.28. The van der Waals surface area contributed by atoms with Gasteiger partial charge in [0.25, 0.3) is 0 Å². The minimum atomic E-state index is 0.0173. The zero-order chi connectivity index (χ0) is 11.8. The van der Waals surface area contributed by atoms with Crippen LogP contribution < -0.4 is 5.32 Å². The van der Waals surface area contributed by atoms with Gasteiger partial charge in [0.2, 0.25) is 5.91 Å². The molecule has 0 spiro atoms. The van der Waals surface area contributed by atoms with Crippen molar-refractivity contribution in [1.29, 1.82) is 0 Å². The molecule has 0 aliphatic rings. The third kappa shape index (κ3) is 4.60. The molecular weight excluding hydrogens is 198 g/mol. The second kappa shape index (κ2) is 6.62. The molecule has 0 saturated heterocycles. The van der Waals surface area contributed by atoms with Gasteiger partial charge in [-0.05, 0) is 17.5 Å². The molecule has 16 heavy (non-hydrogen) atoms. The number of hydrogen-bond acceptors (Lipinski definition) is 1. The topological polar surface area (TPSA) is 29.1 Å². The van der Waals surface area contributed by atoms with E-state index in [-0.39, 0.29) is 5.91 Å². The first-order valence-electron chi connectivity index (χ1n) is 5.36. The second-order valence-electron chi connectivity index (χ2n) is 3.54. The number of nitrogens with one attached hydrogen (secondary N) is 1. The van der Waals surface area contributed by atoms with Crippen molar-refractivity contribution in [3.05, 3.63) is 48.0 Å². The zero-order valence-electron chi connectivity index (χ0n) is 9.57. The molecule has 1 amide bonds. The normalized spacial score (nSPS) is 10.3. The average molecular weight is 215 g/mol. The molecule has 0 aromatic heterocycles. The third-order valence-corrected chi connectivity index (χ3v) is 2.17. The first kappa shape index (κ1) is 12.2. The van der Waals surface area contributed by atoms with Crippen molar-refractivity contribution < 1.29 is 4.79 Å². The van der Waals surface area contributed by atoms with E-state index in [2.05, 4.69) is 24.0 Å². The van der Waals surface area contributed by atoms with Crippen LogP contribution in [0.2, 0.25) is 0 Å². The van der Waals surface area contributed by atoms with E-state index in [4.69, 9.17) is 0 Å². The van der Waals surface area contributed by atoms with Crippen LogP contribution in [-0.2, 0) is 4.79 Å². The molecule has 1 aromatic rings. The number of benzene rings is 1. The summed E-state index contributed by atoms with van der Waals surface area (Å²) in [4.78, 5) is 10.6. The van der Waals surface area contributed by atoms with E-state index in [9.17, 15) is 4.79 Å². The second-order valence-corrected chi connectivity index (χ2v) is 3.54. The van der Waals surface area contributed by atoms with Crippen LogP contribution in [0.1, 0.15) is 24.5 Å². The van der Waals surface area contributed by atoms with Crippen molar-refractivity contribution in [2.75, 3.05) is 6.54 Å². The van der Waals surface area contributed by atoms with Crippen molar-refractivity contribution in [2.24, 2.45) is 0 Å². The van der Waals surface area contributed by atoms with Crippen molar-refractivity contribution in [3.8, 4) is 0 Å². The quantitative estimate of drug-likeness (QED) is 0.752. The largest absolute Gasteiger partial charge is 0.356 e. The Hall–Kier alpha value is -1.83. The molecule has 0 fully saturated rings. The molecule has 0 bridgehead atoms. The number of rotatable bonds is 5. The van der Waals surface area contributed by atoms with Crippen LogP contribution in [0.25, 0.3) is 12.2 Å². The van der Waals surface area contributed by atoms with E-state index in [1.165, 1.54) is 6.92 Å². The molecular formula is C14H17NO. The van der Waals surface area contributed by atoms with E-state index < -0.39 is 0 Å². The Morgan fingerprint density at radius 1 is 1.31 bits per heavy atom. The maximum absolute atomic E-state index is 10.6. The van der Waals surface area contributed by atoms with Gasteiger partial charge in [0, 0.05) is 13.5 Å². The fourth-order valence-electron chi connectivity index (χ4n) is 1.29. The van der Waals surface area contributed by atoms with Gasteiger partial charge in [0.1, 0.15) is 0 Å².